The molecule has 0 bridgehead atoms. The molecule has 1 fully saturated rings. The molecular weight excluding hydrogens is 337 g/mol. The lowest BCUT2D eigenvalue weighted by molar-refractivity contribution is 0.0544. The SMILES string of the molecule is CCN1CCN([C@@H]2c3ccccc3C[C@H]2N(C)Cc2ccc(F)cc2)CC1. The van der Waals surface area contributed by atoms with Crippen molar-refractivity contribution < 1.29 is 4.39 Å². The third-order valence-corrected chi connectivity index (χ3v) is 6.33. The summed E-state index contributed by atoms with van der Waals surface area (Å²) >= 11 is 0. The first-order valence-corrected chi connectivity index (χ1v) is 10.1. The van der Waals surface area contributed by atoms with Gasteiger partial charge in [-0.25, -0.2) is 4.39 Å². The highest BCUT2D eigenvalue weighted by Gasteiger charge is 2.39. The highest BCUT2D eigenvalue weighted by Crippen LogP contribution is 2.39. The number of nitrogens with zero attached hydrogens (tertiary/aromatic N) is 3. The third-order valence-electron chi connectivity index (χ3n) is 6.33. The summed E-state index contributed by atoms with van der Waals surface area (Å²) in [5.74, 6) is -0.165. The summed E-state index contributed by atoms with van der Waals surface area (Å²) in [6.45, 7) is 8.82. The average molecular weight is 368 g/mol. The topological polar surface area (TPSA) is 9.72 Å². The molecule has 1 heterocycles. The number of hydrogen-bond acceptors (Lipinski definition) is 3. The highest BCUT2D eigenvalue weighted by molar-refractivity contribution is 5.37. The average Bonchev–Trinajstić information content (AvgIpc) is 3.09. The van der Waals surface area contributed by atoms with Gasteiger partial charge in [-0.15, -0.1) is 0 Å². The van der Waals surface area contributed by atoms with Crippen molar-refractivity contribution in [3.63, 3.8) is 0 Å². The molecule has 1 saturated heterocycles. The van der Waals surface area contributed by atoms with Crippen LogP contribution in [0.2, 0.25) is 0 Å². The number of fused-ring (bicyclic) bond motifs is 1. The maximum Gasteiger partial charge on any atom is 0.123 e. The molecule has 1 aliphatic heterocycles. The minimum Gasteiger partial charge on any atom is -0.301 e. The maximum absolute atomic E-state index is 13.2. The van der Waals surface area contributed by atoms with Gasteiger partial charge in [0.1, 0.15) is 5.82 Å². The van der Waals surface area contributed by atoms with E-state index >= 15 is 0 Å². The second-order valence-corrected chi connectivity index (χ2v) is 7.93. The van der Waals surface area contributed by atoms with E-state index in [-0.39, 0.29) is 5.82 Å². The molecule has 2 aliphatic rings. The van der Waals surface area contributed by atoms with Gasteiger partial charge in [-0.2, -0.15) is 0 Å². The molecule has 2 aromatic carbocycles. The van der Waals surface area contributed by atoms with Crippen LogP contribution in [0.1, 0.15) is 29.7 Å². The van der Waals surface area contributed by atoms with Gasteiger partial charge in [-0.05, 0) is 48.8 Å². The second-order valence-electron chi connectivity index (χ2n) is 7.93. The predicted molar refractivity (Wildman–Crippen MR) is 108 cm³/mol. The van der Waals surface area contributed by atoms with Crippen molar-refractivity contribution in [3.8, 4) is 0 Å². The van der Waals surface area contributed by atoms with Crippen LogP contribution < -0.4 is 0 Å². The quantitative estimate of drug-likeness (QED) is 0.800. The Morgan fingerprint density at radius 1 is 1.00 bits per heavy atom. The normalized spacial score (nSPS) is 23.7. The monoisotopic (exact) mass is 367 g/mol. The van der Waals surface area contributed by atoms with E-state index in [9.17, 15) is 4.39 Å². The van der Waals surface area contributed by atoms with Gasteiger partial charge >= 0.3 is 0 Å². The van der Waals surface area contributed by atoms with Gasteiger partial charge in [0, 0.05) is 38.8 Å². The summed E-state index contributed by atoms with van der Waals surface area (Å²) in [4.78, 5) is 7.68. The fraction of sp³-hybridized carbons (Fsp3) is 0.478. The molecule has 0 N–H and O–H groups in total. The van der Waals surface area contributed by atoms with Crippen LogP contribution in [-0.4, -0.2) is 60.5 Å². The van der Waals surface area contributed by atoms with E-state index in [1.54, 1.807) is 12.1 Å². The summed E-state index contributed by atoms with van der Waals surface area (Å²) in [5, 5.41) is 0. The lowest BCUT2D eigenvalue weighted by Gasteiger charge is -2.42. The summed E-state index contributed by atoms with van der Waals surface area (Å²) in [5.41, 5.74) is 4.15. The van der Waals surface area contributed by atoms with E-state index in [1.165, 1.54) is 16.7 Å². The van der Waals surface area contributed by atoms with Crippen LogP contribution in [0.3, 0.4) is 0 Å². The van der Waals surface area contributed by atoms with Crippen molar-refractivity contribution in [1.82, 2.24) is 14.7 Å². The van der Waals surface area contributed by atoms with Crippen molar-refractivity contribution in [1.29, 1.82) is 0 Å². The van der Waals surface area contributed by atoms with Crippen molar-refractivity contribution in [3.05, 3.63) is 71.0 Å². The van der Waals surface area contributed by atoms with Crippen molar-refractivity contribution >= 4 is 0 Å². The standard InChI is InChI=1S/C23H30FN3/c1-3-26-12-14-27(15-13-26)23-21-7-5-4-6-19(21)16-22(23)25(2)17-18-8-10-20(24)11-9-18/h4-11,22-23H,3,12-17H2,1-2H3/t22-,23-/m1/s1. The van der Waals surface area contributed by atoms with Crippen LogP contribution in [0, 0.1) is 5.82 Å². The van der Waals surface area contributed by atoms with Gasteiger partial charge in [-0.3, -0.25) is 9.80 Å². The number of rotatable bonds is 5. The van der Waals surface area contributed by atoms with Gasteiger partial charge in [-0.1, -0.05) is 43.3 Å². The minimum absolute atomic E-state index is 0.165. The molecule has 0 aromatic heterocycles. The van der Waals surface area contributed by atoms with Crippen LogP contribution in [0.4, 0.5) is 4.39 Å². The maximum atomic E-state index is 13.2. The number of halogens is 1. The van der Waals surface area contributed by atoms with Crippen LogP contribution in [0.25, 0.3) is 0 Å². The summed E-state index contributed by atoms with van der Waals surface area (Å²) in [6, 6.07) is 16.8. The Morgan fingerprint density at radius 3 is 2.41 bits per heavy atom. The lowest BCUT2D eigenvalue weighted by Crippen LogP contribution is -2.51. The number of likely N-dealkylation sites (N-methyl/N-ethyl adjacent to an activating group) is 2. The Hall–Kier alpha value is -1.75. The Morgan fingerprint density at radius 2 is 1.70 bits per heavy atom. The van der Waals surface area contributed by atoms with Crippen LogP contribution in [0.15, 0.2) is 48.5 Å². The zero-order chi connectivity index (χ0) is 18.8. The van der Waals surface area contributed by atoms with Gasteiger partial charge in [0.2, 0.25) is 0 Å². The fourth-order valence-electron chi connectivity index (χ4n) is 4.74. The molecule has 4 heteroatoms. The molecular formula is C23H30FN3. The van der Waals surface area contributed by atoms with Crippen molar-refractivity contribution in [2.24, 2.45) is 0 Å². The smallest absolute Gasteiger partial charge is 0.123 e. The first kappa shape index (κ1) is 18.6. The third kappa shape index (κ3) is 3.93. The van der Waals surface area contributed by atoms with Crippen LogP contribution >= 0.6 is 0 Å². The Balaban J connectivity index is 1.54. The number of hydrogen-bond donors (Lipinski definition) is 0. The van der Waals surface area contributed by atoms with Gasteiger partial charge < -0.3 is 4.90 Å². The zero-order valence-corrected chi connectivity index (χ0v) is 16.4. The molecule has 2 aromatic rings. The van der Waals surface area contributed by atoms with E-state index in [0.29, 0.717) is 12.1 Å². The van der Waals surface area contributed by atoms with Crippen LogP contribution in [-0.2, 0) is 13.0 Å². The molecule has 0 amide bonds. The molecule has 4 rings (SSSR count). The Kier molecular flexibility index (Phi) is 5.58. The van der Waals surface area contributed by atoms with Gasteiger partial charge in [0.25, 0.3) is 0 Å². The molecule has 0 saturated carbocycles. The molecule has 3 nitrogen and oxygen atoms in total. The number of piperazine rings is 1. The highest BCUT2D eigenvalue weighted by atomic mass is 19.1. The molecule has 2 atom stereocenters. The van der Waals surface area contributed by atoms with E-state index in [1.807, 2.05) is 12.1 Å². The predicted octanol–water partition coefficient (Wildman–Crippen LogP) is 3.56. The van der Waals surface area contributed by atoms with E-state index in [0.717, 1.165) is 45.7 Å². The summed E-state index contributed by atoms with van der Waals surface area (Å²) in [7, 11) is 2.22. The second kappa shape index (κ2) is 8.09. The summed E-state index contributed by atoms with van der Waals surface area (Å²) < 4.78 is 13.2. The number of benzene rings is 2. The van der Waals surface area contributed by atoms with Crippen molar-refractivity contribution in [2.45, 2.75) is 32.0 Å². The first-order valence-electron chi connectivity index (χ1n) is 10.1. The first-order chi connectivity index (χ1) is 13.2. The van der Waals surface area contributed by atoms with E-state index in [2.05, 4.69) is 52.9 Å². The van der Waals surface area contributed by atoms with Gasteiger partial charge in [0.15, 0.2) is 0 Å². The fourth-order valence-corrected chi connectivity index (χ4v) is 4.74. The van der Waals surface area contributed by atoms with Crippen molar-refractivity contribution in [2.75, 3.05) is 39.8 Å². The van der Waals surface area contributed by atoms with Crippen LogP contribution in [0.5, 0.6) is 0 Å². The Labute approximate surface area is 162 Å². The Bertz CT molecular complexity index is 752. The molecule has 0 unspecified atom stereocenters. The lowest BCUT2D eigenvalue weighted by atomic mass is 10.0. The minimum atomic E-state index is -0.165. The molecule has 1 aliphatic carbocycles. The molecule has 0 radical (unpaired) electrons. The summed E-state index contributed by atoms with van der Waals surface area (Å²) in [6.07, 6.45) is 1.09. The zero-order valence-electron chi connectivity index (χ0n) is 16.4. The molecule has 0 spiro atoms. The van der Waals surface area contributed by atoms with E-state index < -0.39 is 0 Å². The molecule has 27 heavy (non-hydrogen) atoms. The molecule has 144 valence electrons. The van der Waals surface area contributed by atoms with Gasteiger partial charge in [0.05, 0.1) is 6.04 Å². The van der Waals surface area contributed by atoms with E-state index in [4.69, 9.17) is 0 Å². The largest absolute Gasteiger partial charge is 0.301 e.